The Hall–Kier alpha value is -1.74. The van der Waals surface area contributed by atoms with Crippen molar-refractivity contribution in [3.63, 3.8) is 0 Å². The number of rotatable bonds is 4. The number of terminal acetylenes is 1. The Morgan fingerprint density at radius 1 is 1.38 bits per heavy atom. The Kier molecular flexibility index (Phi) is 5.07. The van der Waals surface area contributed by atoms with Gasteiger partial charge in [0.2, 0.25) is 0 Å². The van der Waals surface area contributed by atoms with E-state index in [1.165, 1.54) is 0 Å². The SMILES string of the molecule is C#CCNC(=O)COC(=O)c1sc2cc(Cl)ccc2c1Cl. The molecule has 108 valence electrons. The van der Waals surface area contributed by atoms with E-state index in [1.807, 2.05) is 0 Å². The van der Waals surface area contributed by atoms with Crippen LogP contribution in [0.1, 0.15) is 9.67 Å². The number of benzene rings is 1. The zero-order valence-electron chi connectivity index (χ0n) is 10.6. The number of ether oxygens (including phenoxy) is 1. The maximum atomic E-state index is 11.9. The van der Waals surface area contributed by atoms with Gasteiger partial charge >= 0.3 is 5.97 Å². The highest BCUT2D eigenvalue weighted by molar-refractivity contribution is 7.21. The molecule has 4 nitrogen and oxygen atoms in total. The van der Waals surface area contributed by atoms with E-state index >= 15 is 0 Å². The minimum absolute atomic E-state index is 0.0819. The number of carbonyl (C=O) groups excluding carboxylic acids is 2. The summed E-state index contributed by atoms with van der Waals surface area (Å²) in [6.45, 7) is -0.329. The number of amides is 1. The van der Waals surface area contributed by atoms with E-state index in [0.717, 1.165) is 21.4 Å². The molecule has 0 radical (unpaired) electrons. The quantitative estimate of drug-likeness (QED) is 0.686. The molecule has 7 heteroatoms. The molecule has 1 N–H and O–H groups in total. The highest BCUT2D eigenvalue weighted by atomic mass is 35.5. The molecular weight excluding hydrogens is 333 g/mol. The number of hydrogen-bond donors (Lipinski definition) is 1. The van der Waals surface area contributed by atoms with Crippen molar-refractivity contribution in [1.82, 2.24) is 5.32 Å². The minimum atomic E-state index is -0.659. The molecule has 1 heterocycles. The first-order valence-corrected chi connectivity index (χ1v) is 7.35. The van der Waals surface area contributed by atoms with Crippen molar-refractivity contribution in [2.45, 2.75) is 0 Å². The summed E-state index contributed by atoms with van der Waals surface area (Å²) in [6.07, 6.45) is 5.00. The second kappa shape index (κ2) is 6.81. The first-order chi connectivity index (χ1) is 10.0. The zero-order chi connectivity index (χ0) is 15.4. The van der Waals surface area contributed by atoms with Crippen molar-refractivity contribution in [3.05, 3.63) is 33.1 Å². The lowest BCUT2D eigenvalue weighted by atomic mass is 10.2. The van der Waals surface area contributed by atoms with Crippen LogP contribution >= 0.6 is 34.5 Å². The van der Waals surface area contributed by atoms with E-state index in [9.17, 15) is 9.59 Å². The van der Waals surface area contributed by atoms with E-state index in [-0.39, 0.29) is 11.4 Å². The van der Waals surface area contributed by atoms with Crippen molar-refractivity contribution >= 4 is 56.5 Å². The fourth-order valence-electron chi connectivity index (χ4n) is 1.57. The molecule has 0 aliphatic heterocycles. The molecule has 0 fully saturated rings. The Balaban J connectivity index is 2.11. The topological polar surface area (TPSA) is 55.4 Å². The molecule has 21 heavy (non-hydrogen) atoms. The molecule has 0 spiro atoms. The largest absolute Gasteiger partial charge is 0.451 e. The second-order valence-corrected chi connectivity index (χ2v) is 5.81. The Bertz CT molecular complexity index is 748. The summed E-state index contributed by atoms with van der Waals surface area (Å²) in [6, 6.07) is 5.13. The fraction of sp³-hybridized carbons (Fsp3) is 0.143. The standard InChI is InChI=1S/C14H9Cl2NO3S/c1-2-5-17-11(18)7-20-14(19)13-12(16)9-4-3-8(15)6-10(9)21-13/h1,3-4,6H,5,7H2,(H,17,18). The number of halogens is 2. The van der Waals surface area contributed by atoms with Crippen LogP contribution in [-0.4, -0.2) is 25.0 Å². The summed E-state index contributed by atoms with van der Waals surface area (Å²) < 4.78 is 5.68. The smallest absolute Gasteiger partial charge is 0.350 e. The minimum Gasteiger partial charge on any atom is -0.451 e. The van der Waals surface area contributed by atoms with E-state index in [4.69, 9.17) is 34.4 Å². The molecule has 1 amide bonds. The summed E-state index contributed by atoms with van der Waals surface area (Å²) in [5.74, 6) is 1.12. The van der Waals surface area contributed by atoms with Crippen LogP contribution in [0.15, 0.2) is 18.2 Å². The molecule has 0 bridgehead atoms. The van der Waals surface area contributed by atoms with Crippen molar-refractivity contribution in [2.24, 2.45) is 0 Å². The summed E-state index contributed by atoms with van der Waals surface area (Å²) in [5.41, 5.74) is 0. The van der Waals surface area contributed by atoms with Gasteiger partial charge < -0.3 is 10.1 Å². The lowest BCUT2D eigenvalue weighted by Crippen LogP contribution is -2.28. The molecule has 0 unspecified atom stereocenters. The molecule has 2 rings (SSSR count). The number of carbonyl (C=O) groups is 2. The van der Waals surface area contributed by atoms with Crippen LogP contribution in [0, 0.1) is 12.3 Å². The maximum absolute atomic E-state index is 11.9. The molecule has 0 aliphatic carbocycles. The molecule has 0 saturated carbocycles. The van der Waals surface area contributed by atoms with E-state index in [1.54, 1.807) is 18.2 Å². The van der Waals surface area contributed by atoms with Crippen molar-refractivity contribution in [2.75, 3.05) is 13.2 Å². The van der Waals surface area contributed by atoms with Gasteiger partial charge in [-0.25, -0.2) is 4.79 Å². The van der Waals surface area contributed by atoms with Gasteiger partial charge in [0.15, 0.2) is 6.61 Å². The third-order valence-electron chi connectivity index (χ3n) is 2.50. The average molecular weight is 342 g/mol. The third-order valence-corrected chi connectivity index (χ3v) is 4.37. The summed E-state index contributed by atoms with van der Waals surface area (Å²) in [4.78, 5) is 23.5. The van der Waals surface area contributed by atoms with Crippen LogP contribution < -0.4 is 5.32 Å². The first kappa shape index (κ1) is 15.6. The van der Waals surface area contributed by atoms with Gasteiger partial charge in [0.25, 0.3) is 5.91 Å². The number of fused-ring (bicyclic) bond motifs is 1. The zero-order valence-corrected chi connectivity index (χ0v) is 12.9. The molecule has 0 aliphatic rings. The normalized spacial score (nSPS) is 10.1. The number of nitrogens with one attached hydrogen (secondary N) is 1. The molecule has 0 saturated heterocycles. The van der Waals surface area contributed by atoms with Gasteiger partial charge in [-0.3, -0.25) is 4.79 Å². The lowest BCUT2D eigenvalue weighted by molar-refractivity contribution is -0.123. The fourth-order valence-corrected chi connectivity index (χ4v) is 3.25. The van der Waals surface area contributed by atoms with Crippen LogP contribution in [-0.2, 0) is 9.53 Å². The van der Waals surface area contributed by atoms with Crippen molar-refractivity contribution in [1.29, 1.82) is 0 Å². The lowest BCUT2D eigenvalue weighted by Gasteiger charge is -2.03. The van der Waals surface area contributed by atoms with Crippen LogP contribution in [0.25, 0.3) is 10.1 Å². The predicted octanol–water partition coefficient (Wildman–Crippen LogP) is 3.11. The summed E-state index contributed by atoms with van der Waals surface area (Å²) in [5, 5.41) is 3.95. The van der Waals surface area contributed by atoms with Gasteiger partial charge in [0.1, 0.15) is 4.88 Å². The highest BCUT2D eigenvalue weighted by Crippen LogP contribution is 2.37. The molecule has 1 aromatic heterocycles. The Morgan fingerprint density at radius 3 is 2.86 bits per heavy atom. The van der Waals surface area contributed by atoms with Crippen molar-refractivity contribution in [3.8, 4) is 12.3 Å². The third kappa shape index (κ3) is 3.67. The van der Waals surface area contributed by atoms with Gasteiger partial charge in [-0.15, -0.1) is 17.8 Å². The summed E-state index contributed by atoms with van der Waals surface area (Å²) >= 11 is 13.2. The van der Waals surface area contributed by atoms with Crippen LogP contribution in [0.4, 0.5) is 0 Å². The Morgan fingerprint density at radius 2 is 2.14 bits per heavy atom. The molecule has 2 aromatic rings. The first-order valence-electron chi connectivity index (χ1n) is 5.77. The predicted molar refractivity (Wildman–Crippen MR) is 84.0 cm³/mol. The summed E-state index contributed by atoms with van der Waals surface area (Å²) in [7, 11) is 0. The van der Waals surface area contributed by atoms with Crippen LogP contribution in [0.5, 0.6) is 0 Å². The van der Waals surface area contributed by atoms with E-state index < -0.39 is 18.5 Å². The average Bonchev–Trinajstić information content (AvgIpc) is 2.79. The van der Waals surface area contributed by atoms with E-state index in [2.05, 4.69) is 11.2 Å². The van der Waals surface area contributed by atoms with Gasteiger partial charge in [0, 0.05) is 15.1 Å². The maximum Gasteiger partial charge on any atom is 0.350 e. The molecular formula is C14H9Cl2NO3S. The van der Waals surface area contributed by atoms with Gasteiger partial charge in [0.05, 0.1) is 11.6 Å². The van der Waals surface area contributed by atoms with Gasteiger partial charge in [-0.2, -0.15) is 0 Å². The van der Waals surface area contributed by atoms with Crippen LogP contribution in [0.3, 0.4) is 0 Å². The van der Waals surface area contributed by atoms with Crippen molar-refractivity contribution < 1.29 is 14.3 Å². The highest BCUT2D eigenvalue weighted by Gasteiger charge is 2.19. The molecule has 1 aromatic carbocycles. The van der Waals surface area contributed by atoms with Gasteiger partial charge in [-0.05, 0) is 12.1 Å². The number of esters is 1. The Labute approximate surface area is 135 Å². The number of thiophene rings is 1. The molecule has 0 atom stereocenters. The van der Waals surface area contributed by atoms with Gasteiger partial charge in [-0.1, -0.05) is 35.2 Å². The monoisotopic (exact) mass is 341 g/mol. The van der Waals surface area contributed by atoms with E-state index in [0.29, 0.717) is 10.0 Å². The van der Waals surface area contributed by atoms with Crippen LogP contribution in [0.2, 0.25) is 10.0 Å². The number of hydrogen-bond acceptors (Lipinski definition) is 4. The second-order valence-electron chi connectivity index (χ2n) is 3.94.